The standard InChI is InChI=1S/C12H21N3OS/c1-3-11-8-15(5-6-17-11)12-14-10(9-16-12)7-13-4-2/h9,11,13H,3-8H2,1-2H3. The molecule has 0 aliphatic carbocycles. The molecule has 1 saturated heterocycles. The Labute approximate surface area is 107 Å². The molecule has 96 valence electrons. The molecule has 1 unspecified atom stereocenters. The summed E-state index contributed by atoms with van der Waals surface area (Å²) in [5, 5.41) is 3.97. The third kappa shape index (κ3) is 3.39. The van der Waals surface area contributed by atoms with E-state index in [0.29, 0.717) is 5.25 Å². The van der Waals surface area contributed by atoms with Gasteiger partial charge in [0.1, 0.15) is 6.26 Å². The Morgan fingerprint density at radius 3 is 3.24 bits per heavy atom. The maximum atomic E-state index is 5.56. The molecule has 0 radical (unpaired) electrons. The number of thioether (sulfide) groups is 1. The summed E-state index contributed by atoms with van der Waals surface area (Å²) < 4.78 is 5.56. The monoisotopic (exact) mass is 255 g/mol. The van der Waals surface area contributed by atoms with Crippen LogP contribution < -0.4 is 10.2 Å². The van der Waals surface area contributed by atoms with E-state index in [2.05, 4.69) is 40.8 Å². The number of rotatable bonds is 5. The van der Waals surface area contributed by atoms with Crippen LogP contribution in [-0.2, 0) is 6.54 Å². The van der Waals surface area contributed by atoms with Gasteiger partial charge in [0.25, 0.3) is 6.01 Å². The number of nitrogens with zero attached hydrogens (tertiary/aromatic N) is 2. The maximum Gasteiger partial charge on any atom is 0.297 e. The van der Waals surface area contributed by atoms with Gasteiger partial charge in [0.05, 0.1) is 5.69 Å². The number of anilines is 1. The molecule has 1 aromatic heterocycles. The molecule has 2 rings (SSSR count). The highest BCUT2D eigenvalue weighted by Gasteiger charge is 2.22. The van der Waals surface area contributed by atoms with Gasteiger partial charge >= 0.3 is 0 Å². The Hall–Kier alpha value is -0.680. The zero-order valence-electron chi connectivity index (χ0n) is 10.6. The molecule has 1 atom stereocenters. The van der Waals surface area contributed by atoms with Crippen molar-refractivity contribution in [3.63, 3.8) is 0 Å². The Kier molecular flexibility index (Phi) is 4.74. The van der Waals surface area contributed by atoms with Gasteiger partial charge in [-0.2, -0.15) is 16.7 Å². The molecule has 0 aromatic carbocycles. The third-order valence-electron chi connectivity index (χ3n) is 2.96. The highest BCUT2D eigenvalue weighted by atomic mass is 32.2. The molecule has 1 aliphatic rings. The van der Waals surface area contributed by atoms with Gasteiger partial charge in [-0.05, 0) is 13.0 Å². The van der Waals surface area contributed by atoms with Crippen LogP contribution in [0.25, 0.3) is 0 Å². The summed E-state index contributed by atoms with van der Waals surface area (Å²) in [7, 11) is 0. The lowest BCUT2D eigenvalue weighted by Gasteiger charge is -2.30. The first-order valence-corrected chi connectivity index (χ1v) is 7.40. The molecule has 17 heavy (non-hydrogen) atoms. The van der Waals surface area contributed by atoms with Crippen molar-refractivity contribution in [1.82, 2.24) is 10.3 Å². The van der Waals surface area contributed by atoms with Crippen molar-refractivity contribution in [3.05, 3.63) is 12.0 Å². The first-order chi connectivity index (χ1) is 8.33. The van der Waals surface area contributed by atoms with Crippen LogP contribution in [0.2, 0.25) is 0 Å². The topological polar surface area (TPSA) is 41.3 Å². The van der Waals surface area contributed by atoms with Crippen LogP contribution in [0.3, 0.4) is 0 Å². The molecule has 0 spiro atoms. The van der Waals surface area contributed by atoms with E-state index in [4.69, 9.17) is 4.42 Å². The fourth-order valence-electron chi connectivity index (χ4n) is 1.92. The Balaban J connectivity index is 1.94. The van der Waals surface area contributed by atoms with Crippen molar-refractivity contribution < 1.29 is 4.42 Å². The molecule has 1 aromatic rings. The zero-order valence-corrected chi connectivity index (χ0v) is 11.4. The fourth-order valence-corrected chi connectivity index (χ4v) is 3.10. The van der Waals surface area contributed by atoms with E-state index in [0.717, 1.165) is 37.9 Å². The minimum Gasteiger partial charge on any atom is -0.432 e. The average molecular weight is 255 g/mol. The first kappa shape index (κ1) is 12.8. The van der Waals surface area contributed by atoms with E-state index >= 15 is 0 Å². The summed E-state index contributed by atoms with van der Waals surface area (Å²) in [4.78, 5) is 6.79. The average Bonchev–Trinajstić information content (AvgIpc) is 2.85. The molecule has 0 saturated carbocycles. The van der Waals surface area contributed by atoms with Gasteiger partial charge in [-0.3, -0.25) is 0 Å². The molecule has 2 heterocycles. The van der Waals surface area contributed by atoms with Crippen LogP contribution in [0.5, 0.6) is 0 Å². The quantitative estimate of drug-likeness (QED) is 0.873. The van der Waals surface area contributed by atoms with Crippen molar-refractivity contribution in [2.45, 2.75) is 32.1 Å². The molecule has 1 fully saturated rings. The largest absolute Gasteiger partial charge is 0.432 e. The number of aromatic nitrogens is 1. The molecular weight excluding hydrogens is 234 g/mol. The van der Waals surface area contributed by atoms with Gasteiger partial charge in [0, 0.05) is 30.6 Å². The van der Waals surface area contributed by atoms with Crippen molar-refractivity contribution in [2.24, 2.45) is 0 Å². The Bertz CT molecular complexity index is 342. The van der Waals surface area contributed by atoms with Crippen LogP contribution in [0.15, 0.2) is 10.7 Å². The van der Waals surface area contributed by atoms with Gasteiger partial charge in [-0.1, -0.05) is 13.8 Å². The molecule has 0 bridgehead atoms. The van der Waals surface area contributed by atoms with Crippen molar-refractivity contribution in [3.8, 4) is 0 Å². The number of oxazole rings is 1. The van der Waals surface area contributed by atoms with E-state index in [9.17, 15) is 0 Å². The Morgan fingerprint density at radius 2 is 2.47 bits per heavy atom. The van der Waals surface area contributed by atoms with Crippen molar-refractivity contribution >= 4 is 17.8 Å². The number of nitrogens with one attached hydrogen (secondary N) is 1. The van der Waals surface area contributed by atoms with Gasteiger partial charge in [-0.25, -0.2) is 0 Å². The second-order valence-electron chi connectivity index (χ2n) is 4.25. The number of hydrogen-bond acceptors (Lipinski definition) is 5. The smallest absolute Gasteiger partial charge is 0.297 e. The third-order valence-corrected chi connectivity index (χ3v) is 4.33. The van der Waals surface area contributed by atoms with E-state index in [-0.39, 0.29) is 0 Å². The van der Waals surface area contributed by atoms with Crippen LogP contribution in [0.1, 0.15) is 26.0 Å². The lowest BCUT2D eigenvalue weighted by Crippen LogP contribution is -2.37. The van der Waals surface area contributed by atoms with Crippen LogP contribution in [0.4, 0.5) is 6.01 Å². The molecule has 0 amide bonds. The van der Waals surface area contributed by atoms with Crippen LogP contribution in [0, 0.1) is 0 Å². The summed E-state index contributed by atoms with van der Waals surface area (Å²) in [5.41, 5.74) is 0.994. The lowest BCUT2D eigenvalue weighted by atomic mass is 10.3. The van der Waals surface area contributed by atoms with Gasteiger partial charge in [0.2, 0.25) is 0 Å². The van der Waals surface area contributed by atoms with Crippen LogP contribution >= 0.6 is 11.8 Å². The zero-order chi connectivity index (χ0) is 12.1. The van der Waals surface area contributed by atoms with E-state index in [1.54, 1.807) is 6.26 Å². The SMILES string of the molecule is CCNCc1coc(N2CCSC(CC)C2)n1. The summed E-state index contributed by atoms with van der Waals surface area (Å²) in [5.74, 6) is 1.17. The fraction of sp³-hybridized carbons (Fsp3) is 0.750. The lowest BCUT2D eigenvalue weighted by molar-refractivity contribution is 0.529. The molecular formula is C12H21N3OS. The van der Waals surface area contributed by atoms with Gasteiger partial charge in [-0.15, -0.1) is 0 Å². The second-order valence-corrected chi connectivity index (χ2v) is 5.66. The summed E-state index contributed by atoms with van der Waals surface area (Å²) in [6.07, 6.45) is 2.98. The first-order valence-electron chi connectivity index (χ1n) is 6.35. The molecule has 5 heteroatoms. The Morgan fingerprint density at radius 1 is 1.59 bits per heavy atom. The predicted octanol–water partition coefficient (Wildman–Crippen LogP) is 2.12. The van der Waals surface area contributed by atoms with Crippen LogP contribution in [-0.4, -0.2) is 35.6 Å². The van der Waals surface area contributed by atoms with Crippen molar-refractivity contribution in [2.75, 3.05) is 30.3 Å². The molecule has 1 N–H and O–H groups in total. The van der Waals surface area contributed by atoms with Crippen molar-refractivity contribution in [1.29, 1.82) is 0 Å². The summed E-state index contributed by atoms with van der Waals surface area (Å²) in [6.45, 7) is 8.19. The second kappa shape index (κ2) is 6.31. The highest BCUT2D eigenvalue weighted by Crippen LogP contribution is 2.25. The maximum absolute atomic E-state index is 5.56. The van der Waals surface area contributed by atoms with E-state index in [1.165, 1.54) is 12.2 Å². The summed E-state index contributed by atoms with van der Waals surface area (Å²) >= 11 is 2.06. The van der Waals surface area contributed by atoms with Gasteiger partial charge < -0.3 is 14.6 Å². The van der Waals surface area contributed by atoms with Gasteiger partial charge in [0.15, 0.2) is 0 Å². The normalized spacial score (nSPS) is 20.8. The summed E-state index contributed by atoms with van der Waals surface area (Å²) in [6, 6.07) is 0.789. The minimum absolute atomic E-state index is 0.716. The molecule has 4 nitrogen and oxygen atoms in total. The highest BCUT2D eigenvalue weighted by molar-refractivity contribution is 8.00. The van der Waals surface area contributed by atoms with E-state index < -0.39 is 0 Å². The molecule has 1 aliphatic heterocycles. The number of hydrogen-bond donors (Lipinski definition) is 1. The minimum atomic E-state index is 0.716. The predicted molar refractivity (Wildman–Crippen MR) is 72.6 cm³/mol. The van der Waals surface area contributed by atoms with E-state index in [1.807, 2.05) is 0 Å².